The minimum Gasteiger partial charge on any atom is -0.380 e. The summed E-state index contributed by atoms with van der Waals surface area (Å²) in [6, 6.07) is 0.353. The second-order valence-corrected chi connectivity index (χ2v) is 6.31. The topological polar surface area (TPSA) is 38.5 Å². The van der Waals surface area contributed by atoms with Gasteiger partial charge < -0.3 is 15.4 Å². The van der Waals surface area contributed by atoms with Crippen molar-refractivity contribution in [3.63, 3.8) is 0 Å². The molecule has 0 bridgehead atoms. The van der Waals surface area contributed by atoms with Crippen molar-refractivity contribution in [1.82, 2.24) is 4.90 Å². The van der Waals surface area contributed by atoms with Gasteiger partial charge in [-0.15, -0.1) is 0 Å². The predicted molar refractivity (Wildman–Crippen MR) is 77.7 cm³/mol. The van der Waals surface area contributed by atoms with E-state index < -0.39 is 0 Å². The highest BCUT2D eigenvalue weighted by molar-refractivity contribution is 4.79. The summed E-state index contributed by atoms with van der Waals surface area (Å²) in [6.45, 7) is 10.3. The quantitative estimate of drug-likeness (QED) is 0.760. The molecule has 0 aromatic heterocycles. The van der Waals surface area contributed by atoms with Gasteiger partial charge in [-0.25, -0.2) is 0 Å². The standard InChI is InChI=1S/C15H32N2O/c1-12(6-5-7-14(3)16)10-17-9-8-13(2)15(11-17)18-4/h12-15H,5-11,16H2,1-4H3. The third kappa shape index (κ3) is 5.68. The van der Waals surface area contributed by atoms with Crippen LogP contribution in [0.15, 0.2) is 0 Å². The van der Waals surface area contributed by atoms with E-state index in [9.17, 15) is 0 Å². The molecule has 1 aliphatic rings. The van der Waals surface area contributed by atoms with Gasteiger partial charge in [0.25, 0.3) is 0 Å². The first-order valence-corrected chi connectivity index (χ1v) is 7.53. The SMILES string of the molecule is COC1CN(CC(C)CCCC(C)N)CCC1C. The van der Waals surface area contributed by atoms with Gasteiger partial charge in [0.05, 0.1) is 6.10 Å². The molecule has 0 radical (unpaired) electrons. The Labute approximate surface area is 113 Å². The zero-order valence-electron chi connectivity index (χ0n) is 12.7. The van der Waals surface area contributed by atoms with Crippen LogP contribution in [0.25, 0.3) is 0 Å². The number of rotatable bonds is 7. The summed E-state index contributed by atoms with van der Waals surface area (Å²) in [5.41, 5.74) is 5.79. The monoisotopic (exact) mass is 256 g/mol. The van der Waals surface area contributed by atoms with Crippen LogP contribution in [0.2, 0.25) is 0 Å². The maximum atomic E-state index is 5.79. The van der Waals surface area contributed by atoms with E-state index in [4.69, 9.17) is 10.5 Å². The maximum Gasteiger partial charge on any atom is 0.0724 e. The summed E-state index contributed by atoms with van der Waals surface area (Å²) < 4.78 is 5.57. The summed E-state index contributed by atoms with van der Waals surface area (Å²) in [5, 5.41) is 0. The number of nitrogens with zero attached hydrogens (tertiary/aromatic N) is 1. The molecule has 4 unspecified atom stereocenters. The Morgan fingerprint density at radius 2 is 2.06 bits per heavy atom. The molecule has 1 heterocycles. The van der Waals surface area contributed by atoms with Gasteiger partial charge in [0, 0.05) is 26.2 Å². The van der Waals surface area contributed by atoms with Gasteiger partial charge in [-0.2, -0.15) is 0 Å². The first-order valence-electron chi connectivity index (χ1n) is 7.53. The highest BCUT2D eigenvalue weighted by atomic mass is 16.5. The van der Waals surface area contributed by atoms with E-state index in [2.05, 4.69) is 25.7 Å². The van der Waals surface area contributed by atoms with Crippen molar-refractivity contribution in [3.05, 3.63) is 0 Å². The van der Waals surface area contributed by atoms with Crippen molar-refractivity contribution in [3.8, 4) is 0 Å². The first kappa shape index (κ1) is 15.9. The lowest BCUT2D eigenvalue weighted by molar-refractivity contribution is -0.00894. The summed E-state index contributed by atoms with van der Waals surface area (Å²) in [5.74, 6) is 1.48. The number of methoxy groups -OCH3 is 1. The third-order valence-corrected chi connectivity index (χ3v) is 4.20. The molecule has 1 aliphatic heterocycles. The van der Waals surface area contributed by atoms with Crippen molar-refractivity contribution >= 4 is 0 Å². The molecule has 2 N–H and O–H groups in total. The van der Waals surface area contributed by atoms with Crippen molar-refractivity contribution in [2.24, 2.45) is 17.6 Å². The van der Waals surface area contributed by atoms with Crippen molar-refractivity contribution < 1.29 is 4.74 Å². The fourth-order valence-electron chi connectivity index (χ4n) is 2.89. The van der Waals surface area contributed by atoms with E-state index in [1.54, 1.807) is 0 Å². The highest BCUT2D eigenvalue weighted by Gasteiger charge is 2.26. The largest absolute Gasteiger partial charge is 0.380 e. The molecule has 3 nitrogen and oxygen atoms in total. The molecule has 0 saturated carbocycles. The molecule has 108 valence electrons. The normalized spacial score (nSPS) is 29.2. The summed E-state index contributed by atoms with van der Waals surface area (Å²) >= 11 is 0. The molecule has 0 aromatic rings. The van der Waals surface area contributed by atoms with E-state index >= 15 is 0 Å². The molecule has 18 heavy (non-hydrogen) atoms. The Bertz CT molecular complexity index is 221. The molecule has 0 aromatic carbocycles. The lowest BCUT2D eigenvalue weighted by Crippen LogP contribution is -2.45. The third-order valence-electron chi connectivity index (χ3n) is 4.20. The van der Waals surface area contributed by atoms with Crippen LogP contribution in [0, 0.1) is 11.8 Å². The lowest BCUT2D eigenvalue weighted by Gasteiger charge is -2.37. The number of likely N-dealkylation sites (tertiary alicyclic amines) is 1. The van der Waals surface area contributed by atoms with Crippen LogP contribution in [0.1, 0.15) is 46.5 Å². The molecule has 3 heteroatoms. The second kappa shape index (κ2) is 8.13. The minimum absolute atomic E-state index is 0.353. The Kier molecular flexibility index (Phi) is 7.20. The van der Waals surface area contributed by atoms with Crippen LogP contribution in [-0.2, 0) is 4.74 Å². The Morgan fingerprint density at radius 3 is 2.67 bits per heavy atom. The van der Waals surface area contributed by atoms with Crippen molar-refractivity contribution in [2.45, 2.75) is 58.6 Å². The van der Waals surface area contributed by atoms with Gasteiger partial charge in [0.1, 0.15) is 0 Å². The van der Waals surface area contributed by atoms with Gasteiger partial charge >= 0.3 is 0 Å². The number of nitrogens with two attached hydrogens (primary N) is 1. The van der Waals surface area contributed by atoms with Crippen molar-refractivity contribution in [2.75, 3.05) is 26.7 Å². The van der Waals surface area contributed by atoms with Gasteiger partial charge in [-0.05, 0) is 44.6 Å². The summed E-state index contributed by atoms with van der Waals surface area (Å²) in [4.78, 5) is 2.57. The van der Waals surface area contributed by atoms with Crippen LogP contribution >= 0.6 is 0 Å². The molecule has 0 spiro atoms. The van der Waals surface area contributed by atoms with E-state index in [1.807, 2.05) is 7.11 Å². The Hall–Kier alpha value is -0.120. The van der Waals surface area contributed by atoms with Crippen LogP contribution < -0.4 is 5.73 Å². The van der Waals surface area contributed by atoms with E-state index in [-0.39, 0.29) is 0 Å². The Balaban J connectivity index is 2.21. The maximum absolute atomic E-state index is 5.79. The number of piperidine rings is 1. The predicted octanol–water partition coefficient (Wildman–Crippen LogP) is 2.50. The molecular weight excluding hydrogens is 224 g/mol. The van der Waals surface area contributed by atoms with E-state index in [1.165, 1.54) is 32.4 Å². The highest BCUT2D eigenvalue weighted by Crippen LogP contribution is 2.21. The molecule has 0 aliphatic carbocycles. The molecule has 0 amide bonds. The molecular formula is C15H32N2O. The first-order chi connectivity index (χ1) is 8.52. The molecule has 4 atom stereocenters. The van der Waals surface area contributed by atoms with Crippen LogP contribution in [-0.4, -0.2) is 43.8 Å². The van der Waals surface area contributed by atoms with Crippen molar-refractivity contribution in [1.29, 1.82) is 0 Å². The number of ether oxygens (including phenoxy) is 1. The number of hydrogen-bond donors (Lipinski definition) is 1. The second-order valence-electron chi connectivity index (χ2n) is 6.31. The smallest absolute Gasteiger partial charge is 0.0724 e. The van der Waals surface area contributed by atoms with Crippen LogP contribution in [0.4, 0.5) is 0 Å². The lowest BCUT2D eigenvalue weighted by atomic mass is 9.94. The zero-order valence-corrected chi connectivity index (χ0v) is 12.7. The van der Waals surface area contributed by atoms with Crippen LogP contribution in [0.3, 0.4) is 0 Å². The van der Waals surface area contributed by atoms with Gasteiger partial charge in [-0.3, -0.25) is 0 Å². The molecule has 1 saturated heterocycles. The fourth-order valence-corrected chi connectivity index (χ4v) is 2.89. The number of hydrogen-bond acceptors (Lipinski definition) is 3. The zero-order chi connectivity index (χ0) is 13.5. The van der Waals surface area contributed by atoms with Gasteiger partial charge in [0.2, 0.25) is 0 Å². The van der Waals surface area contributed by atoms with Crippen LogP contribution in [0.5, 0.6) is 0 Å². The fraction of sp³-hybridized carbons (Fsp3) is 1.00. The molecule has 1 rings (SSSR count). The summed E-state index contributed by atoms with van der Waals surface area (Å²) in [7, 11) is 1.84. The Morgan fingerprint density at radius 1 is 1.33 bits per heavy atom. The molecule has 1 fully saturated rings. The average Bonchev–Trinajstić information content (AvgIpc) is 2.31. The van der Waals surface area contributed by atoms with Gasteiger partial charge in [0.15, 0.2) is 0 Å². The van der Waals surface area contributed by atoms with E-state index in [0.29, 0.717) is 18.1 Å². The van der Waals surface area contributed by atoms with Gasteiger partial charge in [-0.1, -0.05) is 20.3 Å². The average molecular weight is 256 g/mol. The summed E-state index contributed by atoms with van der Waals surface area (Å²) in [6.07, 6.45) is 5.41. The minimum atomic E-state index is 0.353. The van der Waals surface area contributed by atoms with E-state index in [0.717, 1.165) is 18.9 Å².